The first-order valence-electron chi connectivity index (χ1n) is 9.23. The molecular weight excluding hydrogens is 437 g/mol. The Hall–Kier alpha value is -2.24. The molecule has 1 saturated heterocycles. The van der Waals surface area contributed by atoms with Crippen LogP contribution in [-0.4, -0.2) is 49.4 Å². The zero-order valence-corrected chi connectivity index (χ0v) is 18.0. The predicted octanol–water partition coefficient (Wildman–Crippen LogP) is 2.54. The van der Waals surface area contributed by atoms with Crippen molar-refractivity contribution in [1.82, 2.24) is 13.9 Å². The van der Waals surface area contributed by atoms with Crippen molar-refractivity contribution in [2.24, 2.45) is 0 Å². The number of sulfonamides is 1. The van der Waals surface area contributed by atoms with Crippen molar-refractivity contribution >= 4 is 37.3 Å². The van der Waals surface area contributed by atoms with Crippen LogP contribution in [0.1, 0.15) is 11.1 Å². The maximum Gasteiger partial charge on any atom is 0.511 e. The van der Waals surface area contributed by atoms with Crippen LogP contribution in [0.4, 0.5) is 18.9 Å². The number of hydrogen-bond donors (Lipinski definition) is 1. The number of anilines is 1. The van der Waals surface area contributed by atoms with Crippen molar-refractivity contribution in [3.05, 3.63) is 40.7 Å². The molecule has 0 spiro atoms. The highest BCUT2D eigenvalue weighted by molar-refractivity contribution is 7.90. The van der Waals surface area contributed by atoms with Crippen LogP contribution in [0.2, 0.25) is 0 Å². The molecule has 6 nitrogen and oxygen atoms in total. The lowest BCUT2D eigenvalue weighted by atomic mass is 10.1. The Bertz CT molecular complexity index is 1290. The number of alkyl halides is 3. The molecule has 0 atom stereocenters. The van der Waals surface area contributed by atoms with Crippen LogP contribution in [0.3, 0.4) is 0 Å². The van der Waals surface area contributed by atoms with Crippen LogP contribution in [-0.2, 0) is 10.0 Å². The SMILES string of the molecule is Cc1cc(=[N+]2CCN(S(=O)(=O)C(F)(F)F)CC2)cc2sc3cc(N)cc(C)c3nc1-2. The summed E-state index contributed by atoms with van der Waals surface area (Å²) >= 11 is 1.56. The van der Waals surface area contributed by atoms with Gasteiger partial charge < -0.3 is 5.73 Å². The van der Waals surface area contributed by atoms with Gasteiger partial charge >= 0.3 is 15.5 Å². The van der Waals surface area contributed by atoms with Crippen LogP contribution < -0.4 is 15.7 Å². The quantitative estimate of drug-likeness (QED) is 0.346. The van der Waals surface area contributed by atoms with E-state index >= 15 is 0 Å². The third kappa shape index (κ3) is 3.54. The molecule has 1 fully saturated rings. The Kier molecular flexibility index (Phi) is 5.02. The molecule has 160 valence electrons. The minimum atomic E-state index is -5.29. The van der Waals surface area contributed by atoms with Crippen molar-refractivity contribution < 1.29 is 21.6 Å². The number of halogens is 3. The number of aryl methyl sites for hydroxylation is 2. The van der Waals surface area contributed by atoms with Crippen LogP contribution in [0.25, 0.3) is 20.8 Å². The van der Waals surface area contributed by atoms with Crippen molar-refractivity contribution in [1.29, 1.82) is 0 Å². The molecule has 0 radical (unpaired) electrons. The van der Waals surface area contributed by atoms with Gasteiger partial charge in [0.25, 0.3) is 0 Å². The van der Waals surface area contributed by atoms with E-state index in [1.165, 1.54) is 0 Å². The number of nitrogen functional groups attached to an aromatic ring is 1. The summed E-state index contributed by atoms with van der Waals surface area (Å²) in [4.78, 5) is 5.74. The molecule has 1 aromatic carbocycles. The Balaban J connectivity index is 1.76. The van der Waals surface area contributed by atoms with E-state index in [0.29, 0.717) is 9.99 Å². The Labute approximate surface area is 175 Å². The van der Waals surface area contributed by atoms with E-state index in [4.69, 9.17) is 10.7 Å². The monoisotopic (exact) mass is 457 g/mol. The van der Waals surface area contributed by atoms with Crippen molar-refractivity contribution in [2.45, 2.75) is 19.4 Å². The highest BCUT2D eigenvalue weighted by atomic mass is 32.2. The summed E-state index contributed by atoms with van der Waals surface area (Å²) in [6, 6.07) is 7.65. The van der Waals surface area contributed by atoms with Gasteiger partial charge in [-0.25, -0.2) is 18.0 Å². The van der Waals surface area contributed by atoms with Crippen molar-refractivity contribution in [3.8, 4) is 10.6 Å². The fraction of sp³-hybridized carbons (Fsp3) is 0.368. The summed E-state index contributed by atoms with van der Waals surface area (Å²) in [5.74, 6) is 0. The fourth-order valence-electron chi connectivity index (χ4n) is 3.69. The Morgan fingerprint density at radius 2 is 1.77 bits per heavy atom. The Morgan fingerprint density at radius 1 is 1.10 bits per heavy atom. The number of fused-ring (bicyclic) bond motifs is 2. The minimum Gasteiger partial charge on any atom is -0.399 e. The molecule has 0 bridgehead atoms. The van der Waals surface area contributed by atoms with Gasteiger partial charge in [-0.2, -0.15) is 17.5 Å². The second kappa shape index (κ2) is 7.17. The molecule has 1 aliphatic carbocycles. The normalized spacial score (nSPS) is 16.5. The number of nitrogens with two attached hydrogens (primary N) is 1. The number of rotatable bonds is 1. The summed E-state index contributed by atoms with van der Waals surface area (Å²) in [5.41, 5.74) is 5.04. The maximum absolute atomic E-state index is 12.8. The van der Waals surface area contributed by atoms with Crippen molar-refractivity contribution in [2.75, 3.05) is 31.9 Å². The summed E-state index contributed by atoms with van der Waals surface area (Å²) in [6.07, 6.45) is 0. The molecule has 4 rings (SSSR count). The molecule has 2 heterocycles. The highest BCUT2D eigenvalue weighted by Gasteiger charge is 2.51. The zero-order chi connectivity index (χ0) is 21.8. The summed E-state index contributed by atoms with van der Waals surface area (Å²) in [7, 11) is -5.29. The van der Waals surface area contributed by atoms with E-state index in [0.717, 1.165) is 37.3 Å². The van der Waals surface area contributed by atoms with Crippen LogP contribution in [0, 0.1) is 13.8 Å². The molecule has 30 heavy (non-hydrogen) atoms. The van der Waals surface area contributed by atoms with E-state index in [1.807, 2.05) is 42.7 Å². The summed E-state index contributed by atoms with van der Waals surface area (Å²) in [6.45, 7) is 3.83. The molecule has 2 N–H and O–H groups in total. The average molecular weight is 458 g/mol. The molecule has 3 aliphatic rings. The van der Waals surface area contributed by atoms with E-state index in [2.05, 4.69) is 0 Å². The zero-order valence-electron chi connectivity index (χ0n) is 16.3. The van der Waals surface area contributed by atoms with Gasteiger partial charge in [0.2, 0.25) is 5.36 Å². The maximum atomic E-state index is 12.8. The smallest absolute Gasteiger partial charge is 0.399 e. The molecular formula is C19H20F3N4O2S2+. The van der Waals surface area contributed by atoms with Gasteiger partial charge in [0.1, 0.15) is 0 Å². The van der Waals surface area contributed by atoms with Gasteiger partial charge in [0.05, 0.1) is 33.9 Å². The van der Waals surface area contributed by atoms with Crippen LogP contribution in [0.15, 0.2) is 24.3 Å². The molecule has 1 aromatic rings. The fourth-order valence-corrected chi connectivity index (χ4v) is 5.85. The largest absolute Gasteiger partial charge is 0.511 e. The van der Waals surface area contributed by atoms with E-state index < -0.39 is 15.5 Å². The lowest BCUT2D eigenvalue weighted by Crippen LogP contribution is -2.52. The van der Waals surface area contributed by atoms with Gasteiger partial charge in [0, 0.05) is 17.8 Å². The van der Waals surface area contributed by atoms with Crippen LogP contribution in [0.5, 0.6) is 0 Å². The van der Waals surface area contributed by atoms with E-state index in [9.17, 15) is 21.6 Å². The van der Waals surface area contributed by atoms with Crippen molar-refractivity contribution in [3.63, 3.8) is 0 Å². The third-order valence-electron chi connectivity index (χ3n) is 5.22. The first-order chi connectivity index (χ1) is 14.0. The van der Waals surface area contributed by atoms with Crippen LogP contribution >= 0.6 is 11.3 Å². The lowest BCUT2D eigenvalue weighted by molar-refractivity contribution is -0.0492. The first kappa shape index (κ1) is 21.0. The summed E-state index contributed by atoms with van der Waals surface area (Å²) in [5, 5.41) is 0.835. The van der Waals surface area contributed by atoms with Gasteiger partial charge in [-0.15, -0.1) is 11.3 Å². The van der Waals surface area contributed by atoms with Gasteiger partial charge in [-0.1, -0.05) is 0 Å². The standard InChI is InChI=1S/C19H19F3N4O2S2/c1-11-7-13(23)9-15-17(11)24-18-12(2)8-14(10-16(18)29-15)25-3-5-26(6-4-25)30(27,28)19(20,21)22/h7-10,23H,3-6H2,1-2H3/p+1. The number of piperazine rings is 1. The van der Waals surface area contributed by atoms with E-state index in [-0.39, 0.29) is 26.2 Å². The minimum absolute atomic E-state index is 0.179. The molecule has 0 unspecified atom stereocenters. The second-order valence-electron chi connectivity index (χ2n) is 7.34. The van der Waals surface area contributed by atoms with Gasteiger partial charge in [-0.05, 0) is 37.1 Å². The van der Waals surface area contributed by atoms with Gasteiger partial charge in [-0.3, -0.25) is 0 Å². The Morgan fingerprint density at radius 3 is 2.40 bits per heavy atom. The third-order valence-corrected chi connectivity index (χ3v) is 7.91. The topological polar surface area (TPSA) is 79.3 Å². The average Bonchev–Trinajstić information content (AvgIpc) is 2.66. The highest BCUT2D eigenvalue weighted by Crippen LogP contribution is 2.34. The number of hydrogen-bond acceptors (Lipinski definition) is 5. The first-order valence-corrected chi connectivity index (χ1v) is 11.5. The van der Waals surface area contributed by atoms with Gasteiger partial charge in [0.15, 0.2) is 13.1 Å². The molecule has 0 aromatic heterocycles. The second-order valence-corrected chi connectivity index (χ2v) is 10.4. The number of nitrogens with zero attached hydrogens (tertiary/aromatic N) is 3. The molecule has 0 amide bonds. The number of benzene rings is 2. The molecule has 2 aliphatic heterocycles. The predicted molar refractivity (Wildman–Crippen MR) is 112 cm³/mol. The molecule has 0 saturated carbocycles. The summed E-state index contributed by atoms with van der Waals surface area (Å²) < 4.78 is 65.0. The molecule has 11 heteroatoms. The van der Waals surface area contributed by atoms with E-state index in [1.54, 1.807) is 11.3 Å². The number of aromatic nitrogens is 1. The lowest BCUT2D eigenvalue weighted by Gasteiger charge is -2.25.